The van der Waals surface area contributed by atoms with Crippen LogP contribution in [0.3, 0.4) is 0 Å². The van der Waals surface area contributed by atoms with E-state index in [1.807, 2.05) is 25.7 Å². The number of fused-ring (bicyclic) bond motifs is 1. The molecule has 1 aromatic heterocycles. The van der Waals surface area contributed by atoms with Gasteiger partial charge in [0.25, 0.3) is 0 Å². The lowest BCUT2D eigenvalue weighted by Gasteiger charge is -2.34. The fraction of sp³-hybridized carbons (Fsp3) is 0.364. The predicted octanol–water partition coefficient (Wildman–Crippen LogP) is 4.16. The highest BCUT2D eigenvalue weighted by Crippen LogP contribution is 2.17. The van der Waals surface area contributed by atoms with Crippen LogP contribution in [0.15, 0.2) is 54.9 Å². The van der Waals surface area contributed by atoms with Crippen LogP contribution in [0.4, 0.5) is 4.79 Å². The molecule has 0 aliphatic carbocycles. The van der Waals surface area contributed by atoms with Crippen molar-refractivity contribution >= 4 is 16.8 Å². The van der Waals surface area contributed by atoms with Crippen LogP contribution in [-0.2, 0) is 6.54 Å². The fourth-order valence-corrected chi connectivity index (χ4v) is 3.35. The highest BCUT2D eigenvalue weighted by molar-refractivity contribution is 5.83. The van der Waals surface area contributed by atoms with Gasteiger partial charge >= 0.3 is 6.03 Å². The molecule has 0 saturated carbocycles. The Balaban J connectivity index is 0.00000102. The molecule has 1 saturated heterocycles. The first kappa shape index (κ1) is 19.1. The second-order valence-electron chi connectivity index (χ2n) is 6.69. The number of hydrogen-bond acceptors (Lipinski definition) is 3. The van der Waals surface area contributed by atoms with Crippen molar-refractivity contribution in [1.82, 2.24) is 19.6 Å². The van der Waals surface area contributed by atoms with Gasteiger partial charge in [-0.3, -0.25) is 4.90 Å². The van der Waals surface area contributed by atoms with E-state index in [-0.39, 0.29) is 6.03 Å². The van der Waals surface area contributed by atoms with Gasteiger partial charge in [0.15, 0.2) is 0 Å². The first-order valence-corrected chi connectivity index (χ1v) is 9.70. The molecule has 1 aliphatic heterocycles. The third-order valence-corrected chi connectivity index (χ3v) is 4.77. The minimum atomic E-state index is -0.0292. The first-order chi connectivity index (χ1) is 13.2. The van der Waals surface area contributed by atoms with Crippen molar-refractivity contribution < 1.29 is 4.79 Å². The van der Waals surface area contributed by atoms with Gasteiger partial charge in [-0.1, -0.05) is 50.2 Å². The summed E-state index contributed by atoms with van der Waals surface area (Å²) in [5.74, 6) is 0. The highest BCUT2D eigenvalue weighted by atomic mass is 16.2. The van der Waals surface area contributed by atoms with E-state index >= 15 is 0 Å². The number of hydrogen-bond donors (Lipinski definition) is 0. The Hall–Kier alpha value is -2.66. The molecule has 0 unspecified atom stereocenters. The van der Waals surface area contributed by atoms with E-state index in [0.29, 0.717) is 0 Å². The molecule has 0 spiro atoms. The number of carbonyl (C=O) groups excluding carboxylic acids is 1. The van der Waals surface area contributed by atoms with Gasteiger partial charge in [0.05, 0.1) is 6.20 Å². The van der Waals surface area contributed by atoms with Crippen LogP contribution in [0, 0.1) is 6.92 Å². The SMILES string of the molecule is CC.Cc1cnn(C(=O)N2CCN(Cc3ccc4ccccc4c3)CC2)c1. The zero-order valence-electron chi connectivity index (χ0n) is 16.4. The maximum absolute atomic E-state index is 12.4. The van der Waals surface area contributed by atoms with Gasteiger partial charge in [-0.15, -0.1) is 0 Å². The van der Waals surface area contributed by atoms with E-state index in [0.717, 1.165) is 38.3 Å². The Bertz CT molecular complexity index is 894. The average molecular weight is 364 g/mol. The largest absolute Gasteiger partial charge is 0.344 e. The molecular formula is C22H28N4O. The minimum Gasteiger partial charge on any atom is -0.320 e. The fourth-order valence-electron chi connectivity index (χ4n) is 3.35. The predicted molar refractivity (Wildman–Crippen MR) is 110 cm³/mol. The Morgan fingerprint density at radius 3 is 2.37 bits per heavy atom. The molecule has 1 fully saturated rings. The van der Waals surface area contributed by atoms with Crippen LogP contribution >= 0.6 is 0 Å². The summed E-state index contributed by atoms with van der Waals surface area (Å²) < 4.78 is 1.44. The Labute approximate surface area is 161 Å². The van der Waals surface area contributed by atoms with Crippen molar-refractivity contribution in [2.75, 3.05) is 26.2 Å². The van der Waals surface area contributed by atoms with E-state index in [2.05, 4.69) is 52.5 Å². The van der Waals surface area contributed by atoms with Crippen LogP contribution in [0.25, 0.3) is 10.8 Å². The van der Waals surface area contributed by atoms with Gasteiger partial charge in [-0.25, -0.2) is 4.79 Å². The molecule has 0 radical (unpaired) electrons. The molecule has 2 aromatic carbocycles. The number of rotatable bonds is 2. The second kappa shape index (κ2) is 8.82. The monoisotopic (exact) mass is 364 g/mol. The number of nitrogens with zero attached hydrogens (tertiary/aromatic N) is 4. The zero-order chi connectivity index (χ0) is 19.2. The molecule has 5 nitrogen and oxygen atoms in total. The second-order valence-corrected chi connectivity index (χ2v) is 6.69. The van der Waals surface area contributed by atoms with Crippen molar-refractivity contribution in [1.29, 1.82) is 0 Å². The summed E-state index contributed by atoms with van der Waals surface area (Å²) in [5, 5.41) is 6.67. The van der Waals surface area contributed by atoms with E-state index in [9.17, 15) is 4.79 Å². The van der Waals surface area contributed by atoms with Crippen LogP contribution in [0.5, 0.6) is 0 Å². The molecule has 4 rings (SSSR count). The molecule has 1 amide bonds. The molecule has 1 aliphatic rings. The Morgan fingerprint density at radius 1 is 1.00 bits per heavy atom. The third-order valence-electron chi connectivity index (χ3n) is 4.77. The van der Waals surface area contributed by atoms with Crippen molar-refractivity contribution in [2.45, 2.75) is 27.3 Å². The topological polar surface area (TPSA) is 41.4 Å². The van der Waals surface area contributed by atoms with Gasteiger partial charge in [-0.05, 0) is 34.9 Å². The summed E-state index contributed by atoms with van der Waals surface area (Å²) in [4.78, 5) is 16.7. The molecule has 5 heteroatoms. The molecule has 27 heavy (non-hydrogen) atoms. The first-order valence-electron chi connectivity index (χ1n) is 9.70. The third kappa shape index (κ3) is 4.55. The molecule has 0 atom stereocenters. The van der Waals surface area contributed by atoms with E-state index in [4.69, 9.17) is 0 Å². The summed E-state index contributed by atoms with van der Waals surface area (Å²) in [6.07, 6.45) is 3.50. The Morgan fingerprint density at radius 2 is 1.70 bits per heavy atom. The van der Waals surface area contributed by atoms with E-state index in [1.165, 1.54) is 21.0 Å². The van der Waals surface area contributed by atoms with Gasteiger partial charge < -0.3 is 4.90 Å². The molecule has 0 N–H and O–H groups in total. The minimum absolute atomic E-state index is 0.0292. The molecule has 3 aromatic rings. The van der Waals surface area contributed by atoms with Gasteiger partial charge in [0.1, 0.15) is 0 Å². The number of amides is 1. The maximum atomic E-state index is 12.4. The smallest absolute Gasteiger partial charge is 0.320 e. The van der Waals surface area contributed by atoms with Crippen molar-refractivity contribution in [3.05, 3.63) is 66.0 Å². The quantitative estimate of drug-likeness (QED) is 0.686. The number of aryl methyl sites for hydroxylation is 1. The summed E-state index contributed by atoms with van der Waals surface area (Å²) in [5.41, 5.74) is 2.32. The van der Waals surface area contributed by atoms with Crippen molar-refractivity contribution in [3.63, 3.8) is 0 Å². The van der Waals surface area contributed by atoms with Gasteiger partial charge in [0, 0.05) is 38.9 Å². The van der Waals surface area contributed by atoms with Crippen LogP contribution in [0.2, 0.25) is 0 Å². The maximum Gasteiger partial charge on any atom is 0.344 e. The lowest BCUT2D eigenvalue weighted by molar-refractivity contribution is 0.134. The van der Waals surface area contributed by atoms with E-state index in [1.54, 1.807) is 12.4 Å². The highest BCUT2D eigenvalue weighted by Gasteiger charge is 2.22. The summed E-state index contributed by atoms with van der Waals surface area (Å²) in [6, 6.07) is 15.1. The van der Waals surface area contributed by atoms with Crippen LogP contribution in [-0.4, -0.2) is 51.8 Å². The average Bonchev–Trinajstić information content (AvgIpc) is 3.16. The summed E-state index contributed by atoms with van der Waals surface area (Å²) >= 11 is 0. The number of benzene rings is 2. The molecule has 2 heterocycles. The number of piperazine rings is 1. The lowest BCUT2D eigenvalue weighted by Crippen LogP contribution is -2.49. The standard InChI is InChI=1S/C20H22N4O.C2H6/c1-16-13-21-24(14-16)20(25)23-10-8-22(9-11-23)15-17-6-7-18-4-2-3-5-19(18)12-17;1-2/h2-7,12-14H,8-11,15H2,1H3;1-2H3. The molecular weight excluding hydrogens is 336 g/mol. The number of aromatic nitrogens is 2. The number of carbonyl (C=O) groups is 1. The summed E-state index contributed by atoms with van der Waals surface area (Å²) in [6.45, 7) is 10.1. The van der Waals surface area contributed by atoms with Crippen molar-refractivity contribution in [2.24, 2.45) is 0 Å². The summed E-state index contributed by atoms with van der Waals surface area (Å²) in [7, 11) is 0. The lowest BCUT2D eigenvalue weighted by atomic mass is 10.1. The van der Waals surface area contributed by atoms with Crippen molar-refractivity contribution in [3.8, 4) is 0 Å². The zero-order valence-corrected chi connectivity index (χ0v) is 16.4. The molecule has 0 bridgehead atoms. The van der Waals surface area contributed by atoms with Crippen LogP contribution in [0.1, 0.15) is 25.0 Å². The van der Waals surface area contributed by atoms with Gasteiger partial charge in [-0.2, -0.15) is 9.78 Å². The van der Waals surface area contributed by atoms with E-state index < -0.39 is 0 Å². The molecule has 142 valence electrons. The van der Waals surface area contributed by atoms with Gasteiger partial charge in [0.2, 0.25) is 0 Å². The Kier molecular flexibility index (Phi) is 6.24. The normalized spacial score (nSPS) is 14.7. The van der Waals surface area contributed by atoms with Crippen LogP contribution < -0.4 is 0 Å².